The molecule has 0 amide bonds. The number of nitrogen functional groups attached to an aromatic ring is 1. The normalized spacial score (nSPS) is 10.6. The molecule has 0 atom stereocenters. The number of hydrogen-bond acceptors (Lipinski definition) is 4. The molecule has 0 aliphatic carbocycles. The van der Waals surface area contributed by atoms with Gasteiger partial charge in [-0.25, -0.2) is 4.39 Å². The lowest BCUT2D eigenvalue weighted by Crippen LogP contribution is -2.09. The van der Waals surface area contributed by atoms with Gasteiger partial charge in [-0.15, -0.1) is 10.2 Å². The van der Waals surface area contributed by atoms with Crippen LogP contribution in [0.2, 0.25) is 5.02 Å². The molecule has 2 aromatic rings. The maximum atomic E-state index is 13.1. The molecule has 0 fully saturated rings. The van der Waals surface area contributed by atoms with E-state index in [1.54, 1.807) is 6.33 Å². The van der Waals surface area contributed by atoms with E-state index in [9.17, 15) is 4.39 Å². The molecule has 96 valence electrons. The molecule has 18 heavy (non-hydrogen) atoms. The molecular formula is C11H13ClFN5. The maximum absolute atomic E-state index is 13.1. The fourth-order valence-electron chi connectivity index (χ4n) is 1.57. The molecule has 5 nitrogen and oxygen atoms in total. The van der Waals surface area contributed by atoms with Crippen LogP contribution in [-0.2, 0) is 13.1 Å². The van der Waals surface area contributed by atoms with Gasteiger partial charge in [-0.1, -0.05) is 11.6 Å². The predicted molar refractivity (Wildman–Crippen MR) is 68.8 cm³/mol. The number of aromatic nitrogens is 3. The molecule has 2 rings (SSSR count). The van der Waals surface area contributed by atoms with Crippen LogP contribution in [-0.4, -0.2) is 14.8 Å². The average Bonchev–Trinajstić information content (AvgIpc) is 2.79. The number of hydrogen-bond donors (Lipinski definition) is 2. The molecule has 0 saturated heterocycles. The Balaban J connectivity index is 2.13. The lowest BCUT2D eigenvalue weighted by atomic mass is 10.2. The van der Waals surface area contributed by atoms with Crippen molar-refractivity contribution in [3.8, 4) is 0 Å². The Labute approximate surface area is 109 Å². The Morgan fingerprint density at radius 3 is 3.00 bits per heavy atom. The molecule has 0 spiro atoms. The number of nitrogens with two attached hydrogens (primary N) is 1. The highest BCUT2D eigenvalue weighted by Gasteiger charge is 2.08. The van der Waals surface area contributed by atoms with Crippen LogP contribution in [0.4, 0.5) is 15.8 Å². The quantitative estimate of drug-likeness (QED) is 0.836. The van der Waals surface area contributed by atoms with Crippen LogP contribution < -0.4 is 11.1 Å². The van der Waals surface area contributed by atoms with Gasteiger partial charge in [-0.2, -0.15) is 0 Å². The van der Waals surface area contributed by atoms with Crippen LogP contribution in [0.15, 0.2) is 18.5 Å². The number of aryl methyl sites for hydroxylation is 1. The van der Waals surface area contributed by atoms with Gasteiger partial charge in [0.15, 0.2) is 5.82 Å². The van der Waals surface area contributed by atoms with Crippen molar-refractivity contribution in [2.75, 3.05) is 11.1 Å². The van der Waals surface area contributed by atoms with Crippen LogP contribution in [0.3, 0.4) is 0 Å². The Hall–Kier alpha value is -1.82. The summed E-state index contributed by atoms with van der Waals surface area (Å²) < 4.78 is 15.0. The van der Waals surface area contributed by atoms with Crippen LogP contribution in [0, 0.1) is 5.82 Å². The van der Waals surface area contributed by atoms with Crippen molar-refractivity contribution in [2.24, 2.45) is 0 Å². The minimum atomic E-state index is -0.531. The lowest BCUT2D eigenvalue weighted by Gasteiger charge is -2.10. The molecule has 1 heterocycles. The van der Waals surface area contributed by atoms with E-state index >= 15 is 0 Å². The predicted octanol–water partition coefficient (Wildman–Crippen LogP) is 2.28. The van der Waals surface area contributed by atoms with Crippen LogP contribution >= 0.6 is 11.6 Å². The van der Waals surface area contributed by atoms with E-state index in [0.717, 1.165) is 12.4 Å². The standard InChI is InChI=1S/C11H13ClFN5/c1-2-18-6-16-17-11(18)5-15-10-3-7(12)8(13)4-9(10)14/h3-4,6,15H,2,5,14H2,1H3. The number of benzene rings is 1. The van der Waals surface area contributed by atoms with Gasteiger partial charge in [0.25, 0.3) is 0 Å². The molecule has 3 N–H and O–H groups in total. The summed E-state index contributed by atoms with van der Waals surface area (Å²) in [6, 6.07) is 2.65. The van der Waals surface area contributed by atoms with Gasteiger partial charge < -0.3 is 15.6 Å². The van der Waals surface area contributed by atoms with Gasteiger partial charge in [0.2, 0.25) is 0 Å². The monoisotopic (exact) mass is 269 g/mol. The van der Waals surface area contributed by atoms with Gasteiger partial charge in [0, 0.05) is 12.6 Å². The van der Waals surface area contributed by atoms with Gasteiger partial charge in [-0.3, -0.25) is 0 Å². The molecule has 1 aromatic carbocycles. The highest BCUT2D eigenvalue weighted by molar-refractivity contribution is 6.31. The first-order chi connectivity index (χ1) is 8.61. The first-order valence-corrected chi connectivity index (χ1v) is 5.84. The van der Waals surface area contributed by atoms with Crippen molar-refractivity contribution in [3.63, 3.8) is 0 Å². The average molecular weight is 270 g/mol. The number of anilines is 2. The summed E-state index contributed by atoms with van der Waals surface area (Å²) in [5.41, 5.74) is 6.58. The zero-order valence-electron chi connectivity index (χ0n) is 9.82. The van der Waals surface area contributed by atoms with Gasteiger partial charge in [0.1, 0.15) is 12.1 Å². The second kappa shape index (κ2) is 5.22. The summed E-state index contributed by atoms with van der Waals surface area (Å²) in [4.78, 5) is 0. The summed E-state index contributed by atoms with van der Waals surface area (Å²) >= 11 is 5.70. The summed E-state index contributed by atoms with van der Waals surface area (Å²) in [6.45, 7) is 3.22. The largest absolute Gasteiger partial charge is 0.397 e. The SMILES string of the molecule is CCn1cnnc1CNc1cc(Cl)c(F)cc1N. The second-order valence-electron chi connectivity index (χ2n) is 3.74. The van der Waals surface area contributed by atoms with Crippen molar-refractivity contribution >= 4 is 23.0 Å². The highest BCUT2D eigenvalue weighted by atomic mass is 35.5. The van der Waals surface area contributed by atoms with Gasteiger partial charge in [-0.05, 0) is 13.0 Å². The third-order valence-corrected chi connectivity index (χ3v) is 2.86. The van der Waals surface area contributed by atoms with E-state index in [1.807, 2.05) is 11.5 Å². The van der Waals surface area contributed by atoms with Crippen LogP contribution in [0.1, 0.15) is 12.7 Å². The Bertz CT molecular complexity index is 554. The maximum Gasteiger partial charge on any atom is 0.152 e. The Morgan fingerprint density at radius 2 is 2.28 bits per heavy atom. The molecule has 7 heteroatoms. The zero-order chi connectivity index (χ0) is 13.1. The minimum absolute atomic E-state index is 0.0312. The summed E-state index contributed by atoms with van der Waals surface area (Å²) in [7, 11) is 0. The van der Waals surface area contributed by atoms with E-state index in [2.05, 4.69) is 15.5 Å². The lowest BCUT2D eigenvalue weighted by molar-refractivity contribution is 0.629. The minimum Gasteiger partial charge on any atom is -0.397 e. The number of nitrogens with one attached hydrogen (secondary N) is 1. The van der Waals surface area contributed by atoms with Crippen molar-refractivity contribution in [1.82, 2.24) is 14.8 Å². The first kappa shape index (κ1) is 12.6. The number of nitrogens with zero attached hydrogens (tertiary/aromatic N) is 3. The molecule has 0 unspecified atom stereocenters. The molecule has 0 bridgehead atoms. The Morgan fingerprint density at radius 1 is 1.50 bits per heavy atom. The summed E-state index contributed by atoms with van der Waals surface area (Å²) in [5.74, 6) is 0.244. The van der Waals surface area contributed by atoms with E-state index in [-0.39, 0.29) is 5.02 Å². The van der Waals surface area contributed by atoms with Gasteiger partial charge in [0.05, 0.1) is 22.9 Å². The number of rotatable bonds is 4. The van der Waals surface area contributed by atoms with Crippen molar-refractivity contribution in [2.45, 2.75) is 20.0 Å². The van der Waals surface area contributed by atoms with Gasteiger partial charge >= 0.3 is 0 Å². The number of halogens is 2. The molecule has 0 aliphatic heterocycles. The van der Waals surface area contributed by atoms with Crippen molar-refractivity contribution in [1.29, 1.82) is 0 Å². The first-order valence-electron chi connectivity index (χ1n) is 5.47. The third-order valence-electron chi connectivity index (χ3n) is 2.57. The van der Waals surface area contributed by atoms with E-state index in [4.69, 9.17) is 17.3 Å². The fraction of sp³-hybridized carbons (Fsp3) is 0.273. The molecule has 0 saturated carbocycles. The smallest absolute Gasteiger partial charge is 0.152 e. The zero-order valence-corrected chi connectivity index (χ0v) is 10.6. The molecule has 0 aliphatic rings. The molecular weight excluding hydrogens is 257 g/mol. The van der Waals surface area contributed by atoms with Crippen molar-refractivity contribution < 1.29 is 4.39 Å². The van der Waals surface area contributed by atoms with E-state index in [0.29, 0.717) is 17.9 Å². The Kier molecular flexibility index (Phi) is 3.66. The fourth-order valence-corrected chi connectivity index (χ4v) is 1.73. The van der Waals surface area contributed by atoms with E-state index in [1.165, 1.54) is 12.1 Å². The second-order valence-corrected chi connectivity index (χ2v) is 4.15. The topological polar surface area (TPSA) is 68.8 Å². The molecule has 0 radical (unpaired) electrons. The van der Waals surface area contributed by atoms with Crippen molar-refractivity contribution in [3.05, 3.63) is 35.1 Å². The summed E-state index contributed by atoms with van der Waals surface area (Å²) in [6.07, 6.45) is 1.65. The third kappa shape index (κ3) is 2.53. The highest BCUT2D eigenvalue weighted by Crippen LogP contribution is 2.26. The summed E-state index contributed by atoms with van der Waals surface area (Å²) in [5, 5.41) is 10.9. The van der Waals surface area contributed by atoms with Crippen LogP contribution in [0.25, 0.3) is 0 Å². The molecule has 1 aromatic heterocycles. The van der Waals surface area contributed by atoms with Crippen LogP contribution in [0.5, 0.6) is 0 Å². The van der Waals surface area contributed by atoms with E-state index < -0.39 is 5.82 Å².